The maximum Gasteiger partial charge on any atom is 0.339 e. The highest BCUT2D eigenvalue weighted by Gasteiger charge is 2.21. The summed E-state index contributed by atoms with van der Waals surface area (Å²) in [6, 6.07) is 17.7. The molecule has 0 bridgehead atoms. The van der Waals surface area contributed by atoms with Gasteiger partial charge >= 0.3 is 5.97 Å². The number of carbonyl (C=O) groups excluding carboxylic acids is 2. The number of aromatic nitrogens is 1. The maximum absolute atomic E-state index is 12.8. The molecular weight excluding hydrogens is 376 g/mol. The third-order valence-electron chi connectivity index (χ3n) is 5.16. The lowest BCUT2D eigenvalue weighted by Gasteiger charge is -2.13. The summed E-state index contributed by atoms with van der Waals surface area (Å²) in [7, 11) is 0. The Labute approximate surface area is 177 Å². The molecular formula is C25H28N2O3. The molecule has 0 aliphatic rings. The molecule has 3 aromatic rings. The van der Waals surface area contributed by atoms with E-state index in [9.17, 15) is 9.59 Å². The predicted molar refractivity (Wildman–Crippen MR) is 120 cm³/mol. The normalized spacial score (nSPS) is 10.7. The van der Waals surface area contributed by atoms with Crippen LogP contribution in [0.3, 0.4) is 0 Å². The third kappa shape index (κ3) is 4.79. The van der Waals surface area contributed by atoms with Crippen LogP contribution in [-0.2, 0) is 22.5 Å². The average molecular weight is 405 g/mol. The highest BCUT2D eigenvalue weighted by molar-refractivity contribution is 5.94. The summed E-state index contributed by atoms with van der Waals surface area (Å²) >= 11 is 0. The summed E-state index contributed by atoms with van der Waals surface area (Å²) in [6.07, 6.45) is 0.952. The zero-order valence-corrected chi connectivity index (χ0v) is 18.0. The molecule has 156 valence electrons. The van der Waals surface area contributed by atoms with Crippen LogP contribution in [0, 0.1) is 13.8 Å². The third-order valence-corrected chi connectivity index (χ3v) is 5.16. The highest BCUT2D eigenvalue weighted by Crippen LogP contribution is 2.27. The van der Waals surface area contributed by atoms with Crippen molar-refractivity contribution in [2.24, 2.45) is 0 Å². The van der Waals surface area contributed by atoms with Crippen LogP contribution in [0.25, 0.3) is 11.3 Å². The summed E-state index contributed by atoms with van der Waals surface area (Å²) in [4.78, 5) is 25.2. The number of anilines is 1. The zero-order valence-electron chi connectivity index (χ0n) is 18.0. The molecule has 1 N–H and O–H groups in total. The Kier molecular flexibility index (Phi) is 6.72. The molecule has 5 nitrogen and oxygen atoms in total. The second-order valence-electron chi connectivity index (χ2n) is 7.30. The van der Waals surface area contributed by atoms with Gasteiger partial charge < -0.3 is 14.6 Å². The summed E-state index contributed by atoms with van der Waals surface area (Å²) < 4.78 is 7.07. The summed E-state index contributed by atoms with van der Waals surface area (Å²) in [5, 5.41) is 2.94. The minimum absolute atomic E-state index is 0.101. The molecule has 0 spiro atoms. The van der Waals surface area contributed by atoms with Crippen LogP contribution in [0.15, 0.2) is 54.6 Å². The Hall–Kier alpha value is -3.34. The molecule has 0 radical (unpaired) electrons. The number of amides is 1. The SMILES string of the molecule is CCOC(=O)c1cc(-c2ccc(C)cc2)n(CC(=O)Nc2ccc(CC)cc2)c1C. The van der Waals surface area contributed by atoms with Crippen molar-refractivity contribution in [3.05, 3.63) is 77.0 Å². The summed E-state index contributed by atoms with van der Waals surface area (Å²) in [5.74, 6) is -0.528. The first-order valence-corrected chi connectivity index (χ1v) is 10.3. The first-order chi connectivity index (χ1) is 14.4. The topological polar surface area (TPSA) is 60.3 Å². The number of hydrogen-bond acceptors (Lipinski definition) is 3. The van der Waals surface area contributed by atoms with Crippen LogP contribution in [0.2, 0.25) is 0 Å². The number of hydrogen-bond donors (Lipinski definition) is 1. The minimum atomic E-state index is -0.377. The van der Waals surface area contributed by atoms with Crippen molar-refractivity contribution in [1.82, 2.24) is 4.57 Å². The number of carbonyl (C=O) groups is 2. The lowest BCUT2D eigenvalue weighted by molar-refractivity contribution is -0.116. The van der Waals surface area contributed by atoms with Crippen molar-refractivity contribution < 1.29 is 14.3 Å². The monoisotopic (exact) mass is 404 g/mol. The summed E-state index contributed by atoms with van der Waals surface area (Å²) in [6.45, 7) is 8.14. The van der Waals surface area contributed by atoms with Gasteiger partial charge in [-0.3, -0.25) is 4.79 Å². The first-order valence-electron chi connectivity index (χ1n) is 10.3. The summed E-state index contributed by atoms with van der Waals surface area (Å²) in [5.41, 5.74) is 6.06. The number of benzene rings is 2. The van der Waals surface area contributed by atoms with Crippen molar-refractivity contribution in [2.45, 2.75) is 40.7 Å². The molecule has 0 fully saturated rings. The second kappa shape index (κ2) is 9.44. The van der Waals surface area contributed by atoms with E-state index in [2.05, 4.69) is 12.2 Å². The van der Waals surface area contributed by atoms with Gasteiger partial charge in [0.05, 0.1) is 12.2 Å². The van der Waals surface area contributed by atoms with Crippen LogP contribution in [0.5, 0.6) is 0 Å². The van der Waals surface area contributed by atoms with Crippen molar-refractivity contribution >= 4 is 17.6 Å². The van der Waals surface area contributed by atoms with Gasteiger partial charge in [-0.2, -0.15) is 0 Å². The van der Waals surface area contributed by atoms with Crippen molar-refractivity contribution in [2.75, 3.05) is 11.9 Å². The van der Waals surface area contributed by atoms with Gasteiger partial charge in [-0.05, 0) is 56.5 Å². The number of ether oxygens (including phenoxy) is 1. The Morgan fingerprint density at radius 1 is 0.967 bits per heavy atom. The molecule has 1 heterocycles. The fourth-order valence-electron chi connectivity index (χ4n) is 3.40. The Balaban J connectivity index is 1.91. The van der Waals surface area contributed by atoms with Crippen LogP contribution in [-0.4, -0.2) is 23.1 Å². The molecule has 1 aromatic heterocycles. The van der Waals surface area contributed by atoms with Gasteiger partial charge in [0.1, 0.15) is 6.54 Å². The molecule has 2 aromatic carbocycles. The average Bonchev–Trinajstić information content (AvgIpc) is 3.05. The fraction of sp³-hybridized carbons (Fsp3) is 0.280. The molecule has 1 amide bonds. The van der Waals surface area contributed by atoms with Gasteiger partial charge in [0, 0.05) is 17.1 Å². The molecule has 5 heteroatoms. The van der Waals surface area contributed by atoms with Gasteiger partial charge in [0.2, 0.25) is 5.91 Å². The standard InChI is InChI=1S/C25H28N2O3/c1-5-19-9-13-21(14-10-19)26-24(28)16-27-18(4)22(25(29)30-6-2)15-23(27)20-11-7-17(3)8-12-20/h7-15H,5-6,16H2,1-4H3,(H,26,28). The highest BCUT2D eigenvalue weighted by atomic mass is 16.5. The first kappa shape index (κ1) is 21.4. The molecule has 0 unspecified atom stereocenters. The Morgan fingerprint density at radius 3 is 2.23 bits per heavy atom. The lowest BCUT2D eigenvalue weighted by atomic mass is 10.1. The van der Waals surface area contributed by atoms with E-state index in [1.807, 2.05) is 66.9 Å². The van der Waals surface area contributed by atoms with Gasteiger partial charge in [0.15, 0.2) is 0 Å². The van der Waals surface area contributed by atoms with Gasteiger partial charge in [-0.25, -0.2) is 4.79 Å². The van der Waals surface area contributed by atoms with E-state index in [-0.39, 0.29) is 18.4 Å². The van der Waals surface area contributed by atoms with E-state index in [4.69, 9.17) is 4.74 Å². The number of esters is 1. The van der Waals surface area contributed by atoms with E-state index in [0.717, 1.165) is 28.9 Å². The van der Waals surface area contributed by atoms with E-state index >= 15 is 0 Å². The van der Waals surface area contributed by atoms with Crippen molar-refractivity contribution in [3.8, 4) is 11.3 Å². The van der Waals surface area contributed by atoms with Crippen LogP contribution in [0.4, 0.5) is 5.69 Å². The van der Waals surface area contributed by atoms with E-state index in [0.29, 0.717) is 17.9 Å². The number of nitrogens with zero attached hydrogens (tertiary/aromatic N) is 1. The Morgan fingerprint density at radius 2 is 1.63 bits per heavy atom. The van der Waals surface area contributed by atoms with Crippen molar-refractivity contribution in [1.29, 1.82) is 0 Å². The van der Waals surface area contributed by atoms with Crippen molar-refractivity contribution in [3.63, 3.8) is 0 Å². The predicted octanol–water partition coefficient (Wildman–Crippen LogP) is 5.15. The molecule has 0 saturated carbocycles. The minimum Gasteiger partial charge on any atom is -0.462 e. The molecule has 30 heavy (non-hydrogen) atoms. The van der Waals surface area contributed by atoms with Gasteiger partial charge in [-0.1, -0.05) is 48.9 Å². The molecule has 0 aliphatic carbocycles. The smallest absolute Gasteiger partial charge is 0.339 e. The van der Waals surface area contributed by atoms with Gasteiger partial charge in [-0.15, -0.1) is 0 Å². The number of rotatable bonds is 7. The maximum atomic E-state index is 12.8. The van der Waals surface area contributed by atoms with E-state index < -0.39 is 0 Å². The largest absolute Gasteiger partial charge is 0.462 e. The fourth-order valence-corrected chi connectivity index (χ4v) is 3.40. The van der Waals surface area contributed by atoms with Gasteiger partial charge in [0.25, 0.3) is 0 Å². The van der Waals surface area contributed by atoms with Crippen LogP contribution < -0.4 is 5.32 Å². The van der Waals surface area contributed by atoms with E-state index in [1.54, 1.807) is 13.0 Å². The quantitative estimate of drug-likeness (QED) is 0.554. The molecule has 0 atom stereocenters. The second-order valence-corrected chi connectivity index (χ2v) is 7.30. The van der Waals surface area contributed by atoms with Crippen LogP contribution >= 0.6 is 0 Å². The lowest BCUT2D eigenvalue weighted by Crippen LogP contribution is -2.20. The van der Waals surface area contributed by atoms with Crippen LogP contribution in [0.1, 0.15) is 41.0 Å². The molecule has 3 rings (SSSR count). The number of aryl methyl sites for hydroxylation is 2. The van der Waals surface area contributed by atoms with E-state index in [1.165, 1.54) is 5.56 Å². The molecule has 0 saturated heterocycles. The Bertz CT molecular complexity index is 1030. The molecule has 0 aliphatic heterocycles. The zero-order chi connectivity index (χ0) is 21.7. The number of nitrogens with one attached hydrogen (secondary N) is 1.